The number of hydrogen-bond acceptors (Lipinski definition) is 3. The second-order valence-electron chi connectivity index (χ2n) is 10.0. The number of nitrogens with zero attached hydrogens (tertiary/aromatic N) is 1. The molecule has 0 saturated carbocycles. The van der Waals surface area contributed by atoms with Crippen LogP contribution in [0.1, 0.15) is 50.3 Å². The van der Waals surface area contributed by atoms with Crippen molar-refractivity contribution in [1.29, 1.82) is 0 Å². The molecule has 0 spiro atoms. The van der Waals surface area contributed by atoms with E-state index in [0.717, 1.165) is 11.1 Å². The fourth-order valence-electron chi connectivity index (χ4n) is 3.94. The van der Waals surface area contributed by atoms with Gasteiger partial charge in [0.2, 0.25) is 5.91 Å². The van der Waals surface area contributed by atoms with Gasteiger partial charge < -0.3 is 15.0 Å². The van der Waals surface area contributed by atoms with Crippen LogP contribution in [0.5, 0.6) is 5.75 Å². The average molecular weight is 505 g/mol. The maximum atomic E-state index is 13.6. The highest BCUT2D eigenvalue weighted by molar-refractivity contribution is 5.88. The molecule has 0 aliphatic rings. The standard InChI is InChI=1S/C31H37FN2O3/c1-22(2)19-33-31(36)29(18-24-8-6-5-7-9-24)34(20-25-10-14-27(32)15-11-25)30(35)21-37-28-16-12-26(13-17-28)23(3)4/h5-17,22-23,29H,18-21H2,1-4H3,(H,33,36). The lowest BCUT2D eigenvalue weighted by molar-refractivity contribution is -0.142. The summed E-state index contributed by atoms with van der Waals surface area (Å²) in [6, 6.07) is 22.5. The molecular weight excluding hydrogens is 467 g/mol. The lowest BCUT2D eigenvalue weighted by Crippen LogP contribution is -2.52. The highest BCUT2D eigenvalue weighted by atomic mass is 19.1. The minimum atomic E-state index is -0.759. The molecule has 0 aliphatic carbocycles. The van der Waals surface area contributed by atoms with Crippen molar-refractivity contribution in [2.24, 2.45) is 5.92 Å². The van der Waals surface area contributed by atoms with E-state index in [1.54, 1.807) is 17.0 Å². The molecule has 6 heteroatoms. The third-order valence-corrected chi connectivity index (χ3v) is 6.13. The van der Waals surface area contributed by atoms with Crippen LogP contribution in [-0.4, -0.2) is 35.9 Å². The molecule has 0 radical (unpaired) electrons. The maximum absolute atomic E-state index is 13.6. The number of amides is 2. The van der Waals surface area contributed by atoms with Gasteiger partial charge in [0, 0.05) is 19.5 Å². The van der Waals surface area contributed by atoms with E-state index in [1.165, 1.54) is 17.7 Å². The van der Waals surface area contributed by atoms with Crippen molar-refractivity contribution in [3.63, 3.8) is 0 Å². The van der Waals surface area contributed by atoms with E-state index < -0.39 is 6.04 Å². The Balaban J connectivity index is 1.86. The Kier molecular flexibility index (Phi) is 10.2. The molecule has 5 nitrogen and oxygen atoms in total. The molecular formula is C31H37FN2O3. The molecule has 1 unspecified atom stereocenters. The van der Waals surface area contributed by atoms with Crippen LogP contribution < -0.4 is 10.1 Å². The summed E-state index contributed by atoms with van der Waals surface area (Å²) < 4.78 is 19.4. The van der Waals surface area contributed by atoms with E-state index in [-0.39, 0.29) is 36.7 Å². The SMILES string of the molecule is CC(C)CNC(=O)C(Cc1ccccc1)N(Cc1ccc(F)cc1)C(=O)COc1ccc(C(C)C)cc1. The number of carbonyl (C=O) groups is 2. The molecule has 2 amide bonds. The third kappa shape index (κ3) is 8.74. The largest absolute Gasteiger partial charge is 0.484 e. The van der Waals surface area contributed by atoms with Crippen molar-refractivity contribution in [2.75, 3.05) is 13.2 Å². The van der Waals surface area contributed by atoms with Gasteiger partial charge in [0.25, 0.3) is 5.91 Å². The summed E-state index contributed by atoms with van der Waals surface area (Å²) in [5, 5.41) is 2.99. The Bertz CT molecular complexity index is 1130. The number of carbonyl (C=O) groups excluding carboxylic acids is 2. The highest BCUT2D eigenvalue weighted by Gasteiger charge is 2.30. The molecule has 0 aromatic heterocycles. The summed E-state index contributed by atoms with van der Waals surface area (Å²) in [7, 11) is 0. The Labute approximate surface area is 219 Å². The zero-order valence-electron chi connectivity index (χ0n) is 22.1. The monoisotopic (exact) mass is 504 g/mol. The van der Waals surface area contributed by atoms with Crippen LogP contribution in [0.4, 0.5) is 4.39 Å². The highest BCUT2D eigenvalue weighted by Crippen LogP contribution is 2.20. The molecule has 0 saturated heterocycles. The normalized spacial score (nSPS) is 11.9. The van der Waals surface area contributed by atoms with Gasteiger partial charge in [-0.1, -0.05) is 82.3 Å². The smallest absolute Gasteiger partial charge is 0.261 e. The average Bonchev–Trinajstić information content (AvgIpc) is 2.89. The van der Waals surface area contributed by atoms with Crippen molar-refractivity contribution in [1.82, 2.24) is 10.2 Å². The van der Waals surface area contributed by atoms with Gasteiger partial charge in [0.05, 0.1) is 0 Å². The summed E-state index contributed by atoms with van der Waals surface area (Å²) in [6.07, 6.45) is 0.348. The molecule has 3 rings (SSSR count). The molecule has 3 aromatic rings. The topological polar surface area (TPSA) is 58.6 Å². The lowest BCUT2D eigenvalue weighted by atomic mass is 10.0. The van der Waals surface area contributed by atoms with Gasteiger partial charge in [0.1, 0.15) is 17.6 Å². The first kappa shape index (κ1) is 27.9. The number of rotatable bonds is 12. The van der Waals surface area contributed by atoms with Crippen LogP contribution in [0.2, 0.25) is 0 Å². The van der Waals surface area contributed by atoms with Gasteiger partial charge in [-0.05, 0) is 52.8 Å². The zero-order valence-corrected chi connectivity index (χ0v) is 22.1. The van der Waals surface area contributed by atoms with Crippen LogP contribution in [0.3, 0.4) is 0 Å². The molecule has 37 heavy (non-hydrogen) atoms. The second-order valence-corrected chi connectivity index (χ2v) is 10.0. The molecule has 0 fully saturated rings. The van der Waals surface area contributed by atoms with E-state index in [0.29, 0.717) is 24.6 Å². The summed E-state index contributed by atoms with van der Waals surface area (Å²) in [6.45, 7) is 8.71. The van der Waals surface area contributed by atoms with Crippen molar-refractivity contribution >= 4 is 11.8 Å². The minimum Gasteiger partial charge on any atom is -0.484 e. The number of benzene rings is 3. The predicted octanol–water partition coefficient (Wildman–Crippen LogP) is 5.74. The van der Waals surface area contributed by atoms with E-state index in [2.05, 4.69) is 19.2 Å². The summed E-state index contributed by atoms with van der Waals surface area (Å²) >= 11 is 0. The lowest BCUT2D eigenvalue weighted by Gasteiger charge is -2.31. The molecule has 1 atom stereocenters. The Hall–Kier alpha value is -3.67. The van der Waals surface area contributed by atoms with Gasteiger partial charge in [0.15, 0.2) is 6.61 Å². The Morgan fingerprint density at radius 1 is 0.865 bits per heavy atom. The molecule has 3 aromatic carbocycles. The zero-order chi connectivity index (χ0) is 26.8. The van der Waals surface area contributed by atoms with Gasteiger partial charge in [-0.2, -0.15) is 0 Å². The van der Waals surface area contributed by atoms with Crippen molar-refractivity contribution < 1.29 is 18.7 Å². The summed E-state index contributed by atoms with van der Waals surface area (Å²) in [4.78, 5) is 28.5. The van der Waals surface area contributed by atoms with Gasteiger partial charge >= 0.3 is 0 Å². The van der Waals surface area contributed by atoms with Gasteiger partial charge in [-0.3, -0.25) is 9.59 Å². The molecule has 0 heterocycles. The Morgan fingerprint density at radius 2 is 1.51 bits per heavy atom. The maximum Gasteiger partial charge on any atom is 0.261 e. The van der Waals surface area contributed by atoms with E-state index >= 15 is 0 Å². The van der Waals surface area contributed by atoms with Gasteiger partial charge in [-0.25, -0.2) is 4.39 Å². The number of ether oxygens (including phenoxy) is 1. The first-order valence-corrected chi connectivity index (χ1v) is 12.8. The quantitative estimate of drug-likeness (QED) is 0.342. The molecule has 0 bridgehead atoms. The third-order valence-electron chi connectivity index (χ3n) is 6.13. The second kappa shape index (κ2) is 13.6. The van der Waals surface area contributed by atoms with E-state index in [4.69, 9.17) is 4.74 Å². The fourth-order valence-corrected chi connectivity index (χ4v) is 3.94. The van der Waals surface area contributed by atoms with Crippen LogP contribution in [-0.2, 0) is 22.6 Å². The van der Waals surface area contributed by atoms with Crippen molar-refractivity contribution in [3.05, 3.63) is 101 Å². The number of nitrogens with one attached hydrogen (secondary N) is 1. The van der Waals surface area contributed by atoms with Crippen LogP contribution in [0, 0.1) is 11.7 Å². The predicted molar refractivity (Wildman–Crippen MR) is 145 cm³/mol. The number of hydrogen-bond donors (Lipinski definition) is 1. The summed E-state index contributed by atoms with van der Waals surface area (Å²) in [5.41, 5.74) is 2.85. The first-order chi connectivity index (χ1) is 17.7. The Morgan fingerprint density at radius 3 is 2.11 bits per heavy atom. The van der Waals surface area contributed by atoms with Crippen LogP contribution >= 0.6 is 0 Å². The molecule has 0 aliphatic heterocycles. The molecule has 1 N–H and O–H groups in total. The van der Waals surface area contributed by atoms with Crippen LogP contribution in [0.15, 0.2) is 78.9 Å². The van der Waals surface area contributed by atoms with E-state index in [1.807, 2.05) is 68.4 Å². The van der Waals surface area contributed by atoms with Gasteiger partial charge in [-0.15, -0.1) is 0 Å². The van der Waals surface area contributed by atoms with Crippen molar-refractivity contribution in [3.8, 4) is 5.75 Å². The fraction of sp³-hybridized carbons (Fsp3) is 0.355. The minimum absolute atomic E-state index is 0.154. The first-order valence-electron chi connectivity index (χ1n) is 12.8. The summed E-state index contributed by atoms with van der Waals surface area (Å²) in [5.74, 6) is 0.338. The van der Waals surface area contributed by atoms with Crippen LogP contribution in [0.25, 0.3) is 0 Å². The van der Waals surface area contributed by atoms with Crippen molar-refractivity contribution in [2.45, 2.75) is 52.6 Å². The number of halogens is 1. The molecule has 196 valence electrons. The van der Waals surface area contributed by atoms with E-state index in [9.17, 15) is 14.0 Å².